The van der Waals surface area contributed by atoms with Crippen LogP contribution in [0, 0.1) is 5.82 Å². The SMILES string of the molecule is C[C@H](C(=O)Nc1cccc(S(N)(=O)=O)c1)[NH+]1CCN(c2ccc(F)cc2)CC1. The van der Waals surface area contributed by atoms with E-state index in [0.29, 0.717) is 5.69 Å². The summed E-state index contributed by atoms with van der Waals surface area (Å²) in [5.41, 5.74) is 1.37. The van der Waals surface area contributed by atoms with E-state index in [4.69, 9.17) is 5.14 Å². The monoisotopic (exact) mass is 407 g/mol. The highest BCUT2D eigenvalue weighted by atomic mass is 32.2. The van der Waals surface area contributed by atoms with Crippen LogP contribution >= 0.6 is 0 Å². The Morgan fingerprint density at radius 2 is 1.82 bits per heavy atom. The molecule has 9 heteroatoms. The molecule has 1 aliphatic rings. The average Bonchev–Trinajstić information content (AvgIpc) is 2.68. The molecule has 1 atom stereocenters. The lowest BCUT2D eigenvalue weighted by molar-refractivity contribution is -0.914. The first-order chi connectivity index (χ1) is 13.2. The van der Waals surface area contributed by atoms with Gasteiger partial charge in [0.2, 0.25) is 10.0 Å². The number of quaternary nitrogens is 1. The second-order valence-electron chi connectivity index (χ2n) is 6.91. The van der Waals surface area contributed by atoms with Gasteiger partial charge in [0.1, 0.15) is 5.82 Å². The number of hydrogen-bond donors (Lipinski definition) is 3. The molecule has 150 valence electrons. The molecule has 0 saturated carbocycles. The molecule has 1 fully saturated rings. The van der Waals surface area contributed by atoms with E-state index in [-0.39, 0.29) is 22.7 Å². The molecule has 0 unspecified atom stereocenters. The number of piperazine rings is 1. The van der Waals surface area contributed by atoms with Crippen LogP contribution < -0.4 is 20.3 Å². The van der Waals surface area contributed by atoms with Crippen LogP contribution in [0.1, 0.15) is 6.92 Å². The molecule has 7 nitrogen and oxygen atoms in total. The Bertz CT molecular complexity index is 942. The number of nitrogens with zero attached hydrogens (tertiary/aromatic N) is 1. The van der Waals surface area contributed by atoms with Gasteiger partial charge in [0.25, 0.3) is 5.91 Å². The molecule has 0 aliphatic carbocycles. The number of amides is 1. The van der Waals surface area contributed by atoms with Gasteiger partial charge in [0, 0.05) is 11.4 Å². The number of anilines is 2. The van der Waals surface area contributed by atoms with Gasteiger partial charge in [0.05, 0.1) is 31.1 Å². The third kappa shape index (κ3) is 4.86. The van der Waals surface area contributed by atoms with Gasteiger partial charge in [-0.3, -0.25) is 4.79 Å². The number of sulfonamides is 1. The quantitative estimate of drug-likeness (QED) is 0.660. The van der Waals surface area contributed by atoms with E-state index in [1.165, 1.54) is 30.3 Å². The predicted molar refractivity (Wildman–Crippen MR) is 105 cm³/mol. The Morgan fingerprint density at radius 1 is 1.18 bits per heavy atom. The van der Waals surface area contributed by atoms with Crippen molar-refractivity contribution in [3.05, 3.63) is 54.3 Å². The Kier molecular flexibility index (Phi) is 5.97. The van der Waals surface area contributed by atoms with Gasteiger partial charge in [0.15, 0.2) is 6.04 Å². The van der Waals surface area contributed by atoms with Crippen molar-refractivity contribution in [2.24, 2.45) is 5.14 Å². The molecule has 0 radical (unpaired) electrons. The van der Waals surface area contributed by atoms with Gasteiger partial charge >= 0.3 is 0 Å². The Morgan fingerprint density at radius 3 is 2.43 bits per heavy atom. The number of nitrogens with one attached hydrogen (secondary N) is 2. The fourth-order valence-corrected chi connectivity index (χ4v) is 3.88. The minimum atomic E-state index is -3.82. The molecule has 1 saturated heterocycles. The Labute approximate surface area is 164 Å². The van der Waals surface area contributed by atoms with Gasteiger partial charge in [-0.05, 0) is 49.4 Å². The van der Waals surface area contributed by atoms with Crippen LogP contribution in [-0.4, -0.2) is 46.5 Å². The smallest absolute Gasteiger partial charge is 0.282 e. The standard InChI is InChI=1S/C19H23FN4O3S/c1-14(19(25)22-16-3-2-4-18(13-16)28(21,26)27)23-9-11-24(12-10-23)17-7-5-15(20)6-8-17/h2-8,13-14H,9-12H2,1H3,(H,22,25)(H2,21,26,27)/p+1/t14-/m1/s1. The number of carbonyl (C=O) groups excluding carboxylic acids is 1. The van der Waals surface area contributed by atoms with Crippen LogP contribution in [0.25, 0.3) is 0 Å². The lowest BCUT2D eigenvalue weighted by Gasteiger charge is -2.36. The second-order valence-corrected chi connectivity index (χ2v) is 8.47. The zero-order valence-electron chi connectivity index (χ0n) is 15.6. The third-order valence-electron chi connectivity index (χ3n) is 5.03. The van der Waals surface area contributed by atoms with Crippen LogP contribution in [0.4, 0.5) is 15.8 Å². The minimum Gasteiger partial charge on any atom is -0.360 e. The highest BCUT2D eigenvalue weighted by Crippen LogP contribution is 2.15. The van der Waals surface area contributed by atoms with E-state index in [1.807, 2.05) is 6.92 Å². The van der Waals surface area contributed by atoms with Gasteiger partial charge in [-0.15, -0.1) is 0 Å². The summed E-state index contributed by atoms with van der Waals surface area (Å²) in [4.78, 5) is 15.9. The number of rotatable bonds is 5. The van der Waals surface area contributed by atoms with Crippen LogP contribution in [0.5, 0.6) is 0 Å². The van der Waals surface area contributed by atoms with Crippen molar-refractivity contribution in [3.63, 3.8) is 0 Å². The van der Waals surface area contributed by atoms with E-state index >= 15 is 0 Å². The van der Waals surface area contributed by atoms with Crippen molar-refractivity contribution in [1.29, 1.82) is 0 Å². The van der Waals surface area contributed by atoms with E-state index in [2.05, 4.69) is 10.2 Å². The molecule has 1 aliphatic heterocycles. The number of carbonyl (C=O) groups is 1. The number of halogens is 1. The summed E-state index contributed by atoms with van der Waals surface area (Å²) in [7, 11) is -3.82. The van der Waals surface area contributed by atoms with Crippen LogP contribution in [0.3, 0.4) is 0 Å². The summed E-state index contributed by atoms with van der Waals surface area (Å²) >= 11 is 0. The number of nitrogens with two attached hydrogens (primary N) is 1. The van der Waals surface area contributed by atoms with E-state index in [9.17, 15) is 17.6 Å². The van der Waals surface area contributed by atoms with Crippen molar-refractivity contribution < 1.29 is 22.5 Å². The first-order valence-corrected chi connectivity index (χ1v) is 10.6. The van der Waals surface area contributed by atoms with E-state index < -0.39 is 10.0 Å². The zero-order valence-corrected chi connectivity index (χ0v) is 16.4. The largest absolute Gasteiger partial charge is 0.360 e. The summed E-state index contributed by atoms with van der Waals surface area (Å²) in [5, 5.41) is 7.90. The van der Waals surface area contributed by atoms with Crippen LogP contribution in [0.2, 0.25) is 0 Å². The molecule has 0 aromatic heterocycles. The number of benzene rings is 2. The van der Waals surface area contributed by atoms with Gasteiger partial charge in [-0.25, -0.2) is 17.9 Å². The first kappa shape index (κ1) is 20.2. The summed E-state index contributed by atoms with van der Waals surface area (Å²) in [6.45, 7) is 4.91. The van der Waals surface area contributed by atoms with Crippen molar-refractivity contribution in [1.82, 2.24) is 0 Å². The van der Waals surface area contributed by atoms with Crippen molar-refractivity contribution in [2.45, 2.75) is 17.9 Å². The fraction of sp³-hybridized carbons (Fsp3) is 0.316. The summed E-state index contributed by atoms with van der Waals surface area (Å²) in [5.74, 6) is -0.443. The molecule has 2 aromatic rings. The summed E-state index contributed by atoms with van der Waals surface area (Å²) in [6, 6.07) is 12.0. The Balaban J connectivity index is 1.58. The minimum absolute atomic E-state index is 0.0433. The lowest BCUT2D eigenvalue weighted by Crippen LogP contribution is -3.19. The van der Waals surface area contributed by atoms with Crippen LogP contribution in [0.15, 0.2) is 53.4 Å². The molecule has 0 spiro atoms. The van der Waals surface area contributed by atoms with E-state index in [0.717, 1.165) is 36.8 Å². The first-order valence-electron chi connectivity index (χ1n) is 9.03. The lowest BCUT2D eigenvalue weighted by atomic mass is 10.2. The predicted octanol–water partition coefficient (Wildman–Crippen LogP) is 0.205. The van der Waals surface area contributed by atoms with Crippen molar-refractivity contribution >= 4 is 27.3 Å². The number of hydrogen-bond acceptors (Lipinski definition) is 4. The molecule has 0 bridgehead atoms. The van der Waals surface area contributed by atoms with Crippen LogP contribution in [-0.2, 0) is 14.8 Å². The molecule has 3 rings (SSSR count). The van der Waals surface area contributed by atoms with Crippen molar-refractivity contribution in [2.75, 3.05) is 36.4 Å². The van der Waals surface area contributed by atoms with E-state index in [1.54, 1.807) is 18.2 Å². The third-order valence-corrected chi connectivity index (χ3v) is 5.94. The normalized spacial score (nSPS) is 16.6. The van der Waals surface area contributed by atoms with Gasteiger partial charge < -0.3 is 15.1 Å². The summed E-state index contributed by atoms with van der Waals surface area (Å²) in [6.07, 6.45) is 0. The van der Waals surface area contributed by atoms with Gasteiger partial charge in [-0.2, -0.15) is 0 Å². The molecular formula is C19H24FN4O3S+. The fourth-order valence-electron chi connectivity index (χ4n) is 3.32. The average molecular weight is 407 g/mol. The Hall–Kier alpha value is -2.49. The second kappa shape index (κ2) is 8.26. The maximum Gasteiger partial charge on any atom is 0.282 e. The molecular weight excluding hydrogens is 383 g/mol. The maximum atomic E-state index is 13.1. The summed E-state index contributed by atoms with van der Waals surface area (Å²) < 4.78 is 36.0. The highest BCUT2D eigenvalue weighted by Gasteiger charge is 2.29. The molecule has 1 amide bonds. The maximum absolute atomic E-state index is 13.1. The van der Waals surface area contributed by atoms with Crippen molar-refractivity contribution in [3.8, 4) is 0 Å². The molecule has 4 N–H and O–H groups in total. The topological polar surface area (TPSA) is 96.9 Å². The molecule has 1 heterocycles. The zero-order chi connectivity index (χ0) is 20.3. The molecule has 2 aromatic carbocycles. The number of primary sulfonamides is 1. The highest BCUT2D eigenvalue weighted by molar-refractivity contribution is 7.89. The molecule has 28 heavy (non-hydrogen) atoms. The van der Waals surface area contributed by atoms with Gasteiger partial charge in [-0.1, -0.05) is 6.07 Å².